The Morgan fingerprint density at radius 3 is 2.52 bits per heavy atom. The van der Waals surface area contributed by atoms with Gasteiger partial charge in [0.25, 0.3) is 0 Å². The van der Waals surface area contributed by atoms with Gasteiger partial charge in [-0.05, 0) is 28.5 Å². The van der Waals surface area contributed by atoms with Gasteiger partial charge in [-0.3, -0.25) is 4.79 Å². The van der Waals surface area contributed by atoms with Crippen LogP contribution in [0.2, 0.25) is 0 Å². The third-order valence-electron chi connectivity index (χ3n) is 4.81. The fraction of sp³-hybridized carbons (Fsp3) is 0.0909. The summed E-state index contributed by atoms with van der Waals surface area (Å²) in [5.41, 5.74) is -0.655. The van der Waals surface area contributed by atoms with Gasteiger partial charge in [0.05, 0.1) is 18.0 Å². The topological polar surface area (TPSA) is 68.5 Å². The van der Waals surface area contributed by atoms with Gasteiger partial charge in [-0.25, -0.2) is 9.18 Å². The molecule has 0 aliphatic heterocycles. The first-order valence-electron chi connectivity index (χ1n) is 8.71. The SMILES string of the molecule is COc1c(F)c(F)cc2c(=O)c(C(=O)O)cn(Cc3ccc4ccccc4c3)c12. The standard InChI is InChI=1S/C22H15F2NO4/c1-29-21-18(24)17(23)9-15-19(21)25(11-16(20(15)26)22(27)28)10-12-6-7-13-4-2-3-5-14(13)8-12/h2-9,11H,10H2,1H3,(H,27,28). The van der Waals surface area contributed by atoms with Gasteiger partial charge < -0.3 is 14.4 Å². The van der Waals surface area contributed by atoms with Crippen LogP contribution in [0.15, 0.2) is 59.5 Å². The number of carboxylic acids is 1. The monoisotopic (exact) mass is 395 g/mol. The second-order valence-corrected chi connectivity index (χ2v) is 6.59. The van der Waals surface area contributed by atoms with Crippen LogP contribution in [-0.4, -0.2) is 22.8 Å². The molecule has 1 heterocycles. The van der Waals surface area contributed by atoms with E-state index in [1.54, 1.807) is 0 Å². The Morgan fingerprint density at radius 1 is 1.10 bits per heavy atom. The molecule has 0 saturated heterocycles. The van der Waals surface area contributed by atoms with Gasteiger partial charge in [-0.2, -0.15) is 4.39 Å². The van der Waals surface area contributed by atoms with Crippen LogP contribution in [0.3, 0.4) is 0 Å². The number of carboxylic acid groups (broad SMARTS) is 1. The van der Waals surface area contributed by atoms with Crippen LogP contribution in [0.4, 0.5) is 8.78 Å². The molecule has 0 fully saturated rings. The van der Waals surface area contributed by atoms with E-state index in [1.165, 1.54) is 4.57 Å². The Hall–Kier alpha value is -3.74. The lowest BCUT2D eigenvalue weighted by atomic mass is 10.1. The number of hydrogen-bond donors (Lipinski definition) is 1. The highest BCUT2D eigenvalue weighted by Crippen LogP contribution is 2.30. The minimum atomic E-state index is -1.45. The number of benzene rings is 3. The van der Waals surface area contributed by atoms with Crippen LogP contribution in [0, 0.1) is 11.6 Å². The molecule has 0 saturated carbocycles. The van der Waals surface area contributed by atoms with E-state index < -0.39 is 34.3 Å². The first kappa shape index (κ1) is 18.6. The van der Waals surface area contributed by atoms with Crippen LogP contribution in [0.1, 0.15) is 15.9 Å². The van der Waals surface area contributed by atoms with Gasteiger partial charge in [0, 0.05) is 12.7 Å². The zero-order valence-electron chi connectivity index (χ0n) is 15.3. The van der Waals surface area contributed by atoms with Gasteiger partial charge in [-0.15, -0.1) is 0 Å². The number of hydrogen-bond acceptors (Lipinski definition) is 3. The molecule has 1 aromatic heterocycles. The number of aromatic carboxylic acids is 1. The molecule has 0 spiro atoms. The lowest BCUT2D eigenvalue weighted by Crippen LogP contribution is -2.20. The summed E-state index contributed by atoms with van der Waals surface area (Å²) >= 11 is 0. The Bertz CT molecular complexity index is 1340. The molecule has 7 heteroatoms. The van der Waals surface area contributed by atoms with Crippen LogP contribution < -0.4 is 10.2 Å². The molecule has 1 N–H and O–H groups in total. The van der Waals surface area contributed by atoms with Crippen molar-refractivity contribution in [3.05, 3.63) is 87.7 Å². The van der Waals surface area contributed by atoms with Crippen molar-refractivity contribution in [2.24, 2.45) is 0 Å². The van der Waals surface area contributed by atoms with Crippen LogP contribution in [0.5, 0.6) is 5.75 Å². The first-order chi connectivity index (χ1) is 13.9. The zero-order chi connectivity index (χ0) is 20.7. The Kier molecular flexibility index (Phi) is 4.50. The molecular weight excluding hydrogens is 380 g/mol. The number of aromatic nitrogens is 1. The van der Waals surface area contributed by atoms with Crippen LogP contribution in [-0.2, 0) is 6.54 Å². The summed E-state index contributed by atoms with van der Waals surface area (Å²) in [5.74, 6) is -4.43. The highest BCUT2D eigenvalue weighted by Gasteiger charge is 2.22. The quantitative estimate of drug-likeness (QED) is 0.563. The summed E-state index contributed by atoms with van der Waals surface area (Å²) in [6, 6.07) is 14.1. The average Bonchev–Trinajstić information content (AvgIpc) is 2.71. The summed E-state index contributed by atoms with van der Waals surface area (Å²) in [6.07, 6.45) is 1.13. The van der Waals surface area contributed by atoms with E-state index in [4.69, 9.17) is 4.74 Å². The first-order valence-corrected chi connectivity index (χ1v) is 8.71. The lowest BCUT2D eigenvalue weighted by molar-refractivity contribution is 0.0695. The number of methoxy groups -OCH3 is 1. The molecule has 29 heavy (non-hydrogen) atoms. The predicted octanol–water partition coefficient (Wildman–Crippen LogP) is 4.19. The maximum absolute atomic E-state index is 14.3. The van der Waals surface area contributed by atoms with Crippen molar-refractivity contribution < 1.29 is 23.4 Å². The number of halogens is 2. The van der Waals surface area contributed by atoms with Crippen molar-refractivity contribution in [3.63, 3.8) is 0 Å². The normalized spacial score (nSPS) is 11.1. The summed E-state index contributed by atoms with van der Waals surface area (Å²) in [6.45, 7) is 0.128. The highest BCUT2D eigenvalue weighted by atomic mass is 19.2. The van der Waals surface area contributed by atoms with Crippen molar-refractivity contribution in [2.75, 3.05) is 7.11 Å². The van der Waals surface area contributed by atoms with E-state index in [-0.39, 0.29) is 17.4 Å². The highest BCUT2D eigenvalue weighted by molar-refractivity contribution is 5.94. The summed E-state index contributed by atoms with van der Waals surface area (Å²) < 4.78 is 34.7. The van der Waals surface area contributed by atoms with E-state index in [0.29, 0.717) is 6.07 Å². The van der Waals surface area contributed by atoms with Gasteiger partial charge >= 0.3 is 5.97 Å². The number of rotatable bonds is 4. The molecule has 0 radical (unpaired) electrons. The Labute approximate surface area is 163 Å². The van der Waals surface area contributed by atoms with Crippen molar-refractivity contribution >= 4 is 27.6 Å². The smallest absolute Gasteiger partial charge is 0.341 e. The number of nitrogens with zero attached hydrogens (tertiary/aromatic N) is 1. The van der Waals surface area contributed by atoms with Crippen molar-refractivity contribution in [1.82, 2.24) is 4.57 Å². The number of carbonyl (C=O) groups is 1. The molecule has 0 atom stereocenters. The third kappa shape index (κ3) is 3.10. The van der Waals surface area contributed by atoms with E-state index in [1.807, 2.05) is 42.5 Å². The van der Waals surface area contributed by atoms with Crippen molar-refractivity contribution in [3.8, 4) is 5.75 Å². The van der Waals surface area contributed by atoms with E-state index in [0.717, 1.165) is 29.6 Å². The largest absolute Gasteiger partial charge is 0.491 e. The minimum absolute atomic E-state index is 0.00504. The predicted molar refractivity (Wildman–Crippen MR) is 105 cm³/mol. The molecule has 0 bridgehead atoms. The molecule has 146 valence electrons. The molecule has 0 amide bonds. The van der Waals surface area contributed by atoms with E-state index >= 15 is 0 Å². The average molecular weight is 395 g/mol. The van der Waals surface area contributed by atoms with Crippen molar-refractivity contribution in [1.29, 1.82) is 0 Å². The second kappa shape index (κ2) is 7.01. The number of fused-ring (bicyclic) bond motifs is 2. The van der Waals surface area contributed by atoms with E-state index in [2.05, 4.69) is 0 Å². The molecule has 0 aliphatic carbocycles. The zero-order valence-corrected chi connectivity index (χ0v) is 15.3. The van der Waals surface area contributed by atoms with Gasteiger partial charge in [0.15, 0.2) is 11.6 Å². The second-order valence-electron chi connectivity index (χ2n) is 6.59. The van der Waals surface area contributed by atoms with Crippen molar-refractivity contribution in [2.45, 2.75) is 6.54 Å². The van der Waals surface area contributed by atoms with Crippen LogP contribution in [0.25, 0.3) is 21.7 Å². The molecule has 0 aliphatic rings. The summed E-state index contributed by atoms with van der Waals surface area (Å²) in [4.78, 5) is 24.1. The molecule has 5 nitrogen and oxygen atoms in total. The van der Waals surface area contributed by atoms with Gasteiger partial charge in [0.1, 0.15) is 5.56 Å². The Morgan fingerprint density at radius 2 is 1.83 bits per heavy atom. The summed E-state index contributed by atoms with van der Waals surface area (Å²) in [7, 11) is 1.16. The maximum atomic E-state index is 14.3. The van der Waals surface area contributed by atoms with Crippen LogP contribution >= 0.6 is 0 Å². The summed E-state index contributed by atoms with van der Waals surface area (Å²) in [5, 5.41) is 11.1. The lowest BCUT2D eigenvalue weighted by Gasteiger charge is -2.16. The van der Waals surface area contributed by atoms with E-state index in [9.17, 15) is 23.5 Å². The maximum Gasteiger partial charge on any atom is 0.341 e. The fourth-order valence-corrected chi connectivity index (χ4v) is 3.47. The minimum Gasteiger partial charge on any atom is -0.491 e. The number of pyridine rings is 1. The molecular formula is C22H15F2NO4. The molecule has 3 aromatic carbocycles. The molecule has 0 unspecified atom stereocenters. The van der Waals surface area contributed by atoms with Gasteiger partial charge in [-0.1, -0.05) is 36.4 Å². The fourth-order valence-electron chi connectivity index (χ4n) is 3.47. The Balaban J connectivity index is 2.00. The number of ether oxygens (including phenoxy) is 1. The molecule has 4 aromatic rings. The van der Waals surface area contributed by atoms with Gasteiger partial charge in [0.2, 0.25) is 11.2 Å². The molecule has 4 rings (SSSR count). The third-order valence-corrected chi connectivity index (χ3v) is 4.81.